The van der Waals surface area contributed by atoms with Gasteiger partial charge in [0.2, 0.25) is 0 Å². The van der Waals surface area contributed by atoms with Gasteiger partial charge in [0, 0.05) is 5.41 Å². The Hall–Kier alpha value is -0.490. The summed E-state index contributed by atoms with van der Waals surface area (Å²) < 4.78 is 25.1. The second kappa shape index (κ2) is 8.10. The molecule has 0 saturated carbocycles. The van der Waals surface area contributed by atoms with Crippen molar-refractivity contribution >= 4 is 5.78 Å². The first-order chi connectivity index (χ1) is 11.8. The van der Waals surface area contributed by atoms with Crippen LogP contribution >= 0.6 is 0 Å². The van der Waals surface area contributed by atoms with Crippen molar-refractivity contribution in [2.45, 2.75) is 124 Å². The lowest BCUT2D eigenvalue weighted by molar-refractivity contribution is -0.277. The fourth-order valence-corrected chi connectivity index (χ4v) is 3.07. The van der Waals surface area contributed by atoms with E-state index in [2.05, 4.69) is 0 Å². The Labute approximate surface area is 166 Å². The molecule has 0 bridgehead atoms. The number of hydrogen-bond acceptors (Lipinski definition) is 5. The topological polar surface area (TPSA) is 54.0 Å². The van der Waals surface area contributed by atoms with Gasteiger partial charge in [-0.15, -0.1) is 0 Å². The van der Waals surface area contributed by atoms with Crippen LogP contribution in [-0.2, 0) is 23.7 Å². The molecule has 4 atom stereocenters. The monoisotopic (exact) mass is 386 g/mol. The fraction of sp³-hybridized carbons (Fsp3) is 0.955. The van der Waals surface area contributed by atoms with Crippen LogP contribution in [0.25, 0.3) is 0 Å². The molecule has 0 aliphatic carbocycles. The van der Waals surface area contributed by atoms with Crippen molar-refractivity contribution in [2.24, 2.45) is 5.41 Å². The number of rotatable bonds is 4. The summed E-state index contributed by atoms with van der Waals surface area (Å²) in [5.41, 5.74) is -1.75. The summed E-state index contributed by atoms with van der Waals surface area (Å²) in [6, 6.07) is 0. The molecule has 4 unspecified atom stereocenters. The van der Waals surface area contributed by atoms with Gasteiger partial charge in [0.1, 0.15) is 24.4 Å². The van der Waals surface area contributed by atoms with Crippen molar-refractivity contribution in [1.29, 1.82) is 0 Å². The Morgan fingerprint density at radius 2 is 1.11 bits per heavy atom. The Kier molecular flexibility index (Phi) is 7.36. The summed E-state index contributed by atoms with van der Waals surface area (Å²) in [7, 11) is 0. The van der Waals surface area contributed by atoms with Crippen LogP contribution in [0.1, 0.15) is 83.1 Å². The zero-order valence-electron chi connectivity index (χ0n) is 19.6. The maximum absolute atomic E-state index is 13.1. The molecule has 1 fully saturated rings. The summed E-state index contributed by atoms with van der Waals surface area (Å²) in [5, 5.41) is 0. The SMILES string of the molecule is CC(C)(C)OC1COC(C(=O)C(C)(C)C)C(OC(C)(C)C)C1OC(C)(C)C. The second-order valence-electron chi connectivity index (χ2n) is 11.5. The van der Waals surface area contributed by atoms with Gasteiger partial charge in [-0.05, 0) is 62.3 Å². The maximum atomic E-state index is 13.1. The van der Waals surface area contributed by atoms with Crippen molar-refractivity contribution in [3.8, 4) is 0 Å². The molecule has 0 N–H and O–H groups in total. The second-order valence-corrected chi connectivity index (χ2v) is 11.5. The van der Waals surface area contributed by atoms with E-state index in [0.29, 0.717) is 6.61 Å². The maximum Gasteiger partial charge on any atom is 0.169 e. The molecule has 1 heterocycles. The molecule has 0 radical (unpaired) electrons. The predicted octanol–water partition coefficient (Wildman–Crippen LogP) is 4.55. The summed E-state index contributed by atoms with van der Waals surface area (Å²) in [4.78, 5) is 13.1. The van der Waals surface area contributed by atoms with Crippen LogP contribution in [0.3, 0.4) is 0 Å². The lowest BCUT2D eigenvalue weighted by Crippen LogP contribution is -2.63. The number of ether oxygens (including phenoxy) is 4. The van der Waals surface area contributed by atoms with Crippen molar-refractivity contribution in [2.75, 3.05) is 6.61 Å². The fourth-order valence-electron chi connectivity index (χ4n) is 3.07. The van der Waals surface area contributed by atoms with Crippen LogP contribution in [0.5, 0.6) is 0 Å². The van der Waals surface area contributed by atoms with E-state index in [1.807, 2.05) is 83.1 Å². The molecule has 160 valence electrons. The molecule has 0 amide bonds. The van der Waals surface area contributed by atoms with Gasteiger partial charge in [-0.25, -0.2) is 0 Å². The van der Waals surface area contributed by atoms with Crippen molar-refractivity contribution in [1.82, 2.24) is 0 Å². The first-order valence-electron chi connectivity index (χ1n) is 9.99. The van der Waals surface area contributed by atoms with Crippen LogP contribution in [-0.4, -0.2) is 53.6 Å². The Morgan fingerprint density at radius 1 is 0.704 bits per heavy atom. The molecule has 1 aliphatic rings. The van der Waals surface area contributed by atoms with E-state index in [4.69, 9.17) is 18.9 Å². The summed E-state index contributed by atoms with van der Waals surface area (Å²) in [6.45, 7) is 24.0. The predicted molar refractivity (Wildman–Crippen MR) is 108 cm³/mol. The minimum Gasteiger partial charge on any atom is -0.367 e. The van der Waals surface area contributed by atoms with Crippen molar-refractivity contribution < 1.29 is 23.7 Å². The van der Waals surface area contributed by atoms with Crippen molar-refractivity contribution in [3.63, 3.8) is 0 Å². The van der Waals surface area contributed by atoms with E-state index in [1.165, 1.54) is 0 Å². The largest absolute Gasteiger partial charge is 0.367 e. The summed E-state index contributed by atoms with van der Waals surface area (Å²) in [5.74, 6) is 0.0217. The molecule has 5 heteroatoms. The van der Waals surface area contributed by atoms with Gasteiger partial charge >= 0.3 is 0 Å². The van der Waals surface area contributed by atoms with E-state index >= 15 is 0 Å². The molecule has 0 aromatic heterocycles. The molecule has 27 heavy (non-hydrogen) atoms. The molecular weight excluding hydrogens is 344 g/mol. The number of carbonyl (C=O) groups excluding carboxylic acids is 1. The molecule has 1 saturated heterocycles. The summed E-state index contributed by atoms with van der Waals surface area (Å²) >= 11 is 0. The third-order valence-electron chi connectivity index (χ3n) is 3.91. The van der Waals surface area contributed by atoms with Gasteiger partial charge in [0.05, 0.1) is 23.4 Å². The van der Waals surface area contributed by atoms with Gasteiger partial charge in [0.25, 0.3) is 0 Å². The molecule has 0 aromatic rings. The van der Waals surface area contributed by atoms with Gasteiger partial charge in [-0.1, -0.05) is 20.8 Å². The first kappa shape index (κ1) is 24.5. The average molecular weight is 387 g/mol. The standard InChI is InChI=1S/C22H42O5/c1-19(2,3)18(23)17-16(27-22(10,11)12)15(26-21(7,8)9)14(13-24-17)25-20(4,5)6/h14-17H,13H2,1-12H3. The highest BCUT2D eigenvalue weighted by Crippen LogP contribution is 2.34. The molecule has 1 aliphatic heterocycles. The van der Waals surface area contributed by atoms with E-state index in [9.17, 15) is 4.79 Å². The van der Waals surface area contributed by atoms with Crippen molar-refractivity contribution in [3.05, 3.63) is 0 Å². The molecule has 5 nitrogen and oxygen atoms in total. The normalized spacial score (nSPS) is 28.3. The van der Waals surface area contributed by atoms with E-state index in [-0.39, 0.29) is 17.5 Å². The van der Waals surface area contributed by atoms with Crippen LogP contribution in [0, 0.1) is 5.41 Å². The summed E-state index contributed by atoms with van der Waals surface area (Å²) in [6.07, 6.45) is -1.96. The highest BCUT2D eigenvalue weighted by atomic mass is 16.6. The number of ketones is 1. The number of hydrogen-bond donors (Lipinski definition) is 0. The number of Topliss-reactive ketones (excluding diaryl/α,β-unsaturated/α-hetero) is 1. The first-order valence-corrected chi connectivity index (χ1v) is 9.99. The van der Waals surface area contributed by atoms with Gasteiger partial charge in [0.15, 0.2) is 5.78 Å². The van der Waals surface area contributed by atoms with E-state index in [0.717, 1.165) is 0 Å². The Balaban J connectivity index is 3.33. The van der Waals surface area contributed by atoms with E-state index < -0.39 is 34.9 Å². The van der Waals surface area contributed by atoms with Crippen LogP contribution in [0.15, 0.2) is 0 Å². The lowest BCUT2D eigenvalue weighted by atomic mass is 9.82. The molecule has 0 spiro atoms. The smallest absolute Gasteiger partial charge is 0.169 e. The molecule has 0 aromatic carbocycles. The van der Waals surface area contributed by atoms with Gasteiger partial charge in [-0.2, -0.15) is 0 Å². The van der Waals surface area contributed by atoms with Crippen LogP contribution < -0.4 is 0 Å². The van der Waals surface area contributed by atoms with Gasteiger partial charge in [-0.3, -0.25) is 4.79 Å². The third-order valence-corrected chi connectivity index (χ3v) is 3.91. The third kappa shape index (κ3) is 8.18. The lowest BCUT2D eigenvalue weighted by Gasteiger charge is -2.48. The molecular formula is C22H42O5. The van der Waals surface area contributed by atoms with Gasteiger partial charge < -0.3 is 18.9 Å². The Bertz CT molecular complexity index is 499. The minimum atomic E-state index is -0.684. The minimum absolute atomic E-state index is 0.0217. The average Bonchev–Trinajstić information content (AvgIpc) is 2.36. The highest BCUT2D eigenvalue weighted by Gasteiger charge is 2.51. The molecule has 1 rings (SSSR count). The zero-order chi connectivity index (χ0) is 21.4. The zero-order valence-corrected chi connectivity index (χ0v) is 19.6. The van der Waals surface area contributed by atoms with Crippen LogP contribution in [0.4, 0.5) is 0 Å². The highest BCUT2D eigenvalue weighted by molar-refractivity contribution is 5.88. The Morgan fingerprint density at radius 3 is 1.48 bits per heavy atom. The van der Waals surface area contributed by atoms with E-state index in [1.54, 1.807) is 0 Å². The van der Waals surface area contributed by atoms with Crippen LogP contribution in [0.2, 0.25) is 0 Å². The quantitative estimate of drug-likeness (QED) is 0.709. The number of carbonyl (C=O) groups is 1.